The Morgan fingerprint density at radius 2 is 1.70 bits per heavy atom. The fourth-order valence-corrected chi connectivity index (χ4v) is 9.14. The second-order valence-corrected chi connectivity index (χ2v) is 17.9. The van der Waals surface area contributed by atoms with Gasteiger partial charge in [-0.15, -0.1) is 0 Å². The van der Waals surface area contributed by atoms with Gasteiger partial charge in [0.05, 0.1) is 33.8 Å². The number of ether oxygens (including phenoxy) is 2. The standard InChI is InChI=1S/C39H50ClN5O4S/c1-23(2)49-36-21-30(28-19-33(26-10-11-26)44(29-14-16-48-17-15-29)34(20-28)27-12-13-27)25(5)18-35(36)45(39-42-22-31(40)38(41)43-39)32-8-6-7-9-37(32)50(46,47)24(3)4/h6-9,18-19,21-24,26-27,29,33-34H,10-17,20H2,1-5H3,(H2,41,42,43)/t33-,34-/m1/s1. The first kappa shape index (κ1) is 35.2. The number of anilines is 4. The van der Waals surface area contributed by atoms with Crippen LogP contribution in [-0.2, 0) is 14.6 Å². The lowest BCUT2D eigenvalue weighted by Crippen LogP contribution is -2.54. The van der Waals surface area contributed by atoms with Crippen LogP contribution in [0.15, 0.2) is 53.6 Å². The number of nitrogen functional groups attached to an aromatic ring is 1. The largest absolute Gasteiger partial charge is 0.489 e. The summed E-state index contributed by atoms with van der Waals surface area (Å²) in [6.45, 7) is 11.2. The van der Waals surface area contributed by atoms with Crippen molar-refractivity contribution in [2.24, 2.45) is 11.8 Å². The van der Waals surface area contributed by atoms with Crippen LogP contribution >= 0.6 is 11.6 Å². The van der Waals surface area contributed by atoms with Crippen LogP contribution < -0.4 is 15.4 Å². The maximum Gasteiger partial charge on any atom is 0.236 e. The van der Waals surface area contributed by atoms with E-state index in [0.29, 0.717) is 41.2 Å². The van der Waals surface area contributed by atoms with Crippen molar-refractivity contribution >= 4 is 50.2 Å². The number of rotatable bonds is 11. The van der Waals surface area contributed by atoms with Crippen molar-refractivity contribution in [3.8, 4) is 5.75 Å². The number of hydrogen-bond acceptors (Lipinski definition) is 9. The molecular weight excluding hydrogens is 670 g/mol. The van der Waals surface area contributed by atoms with Gasteiger partial charge in [-0.2, -0.15) is 4.98 Å². The highest BCUT2D eigenvalue weighted by Crippen LogP contribution is 2.51. The van der Waals surface area contributed by atoms with Gasteiger partial charge < -0.3 is 15.2 Å². The molecule has 268 valence electrons. The van der Waals surface area contributed by atoms with Crippen LogP contribution in [0.1, 0.15) is 83.8 Å². The van der Waals surface area contributed by atoms with E-state index in [2.05, 4.69) is 40.0 Å². The van der Waals surface area contributed by atoms with Crippen molar-refractivity contribution in [2.75, 3.05) is 23.8 Å². The smallest absolute Gasteiger partial charge is 0.236 e. The van der Waals surface area contributed by atoms with E-state index >= 15 is 0 Å². The van der Waals surface area contributed by atoms with Gasteiger partial charge in [0.25, 0.3) is 0 Å². The normalized spacial score (nSPS) is 22.2. The fraction of sp³-hybridized carbons (Fsp3) is 0.538. The maximum atomic E-state index is 13.8. The number of para-hydroxylation sites is 1. The molecule has 3 fully saturated rings. The van der Waals surface area contributed by atoms with Gasteiger partial charge in [0.2, 0.25) is 5.95 Å². The SMILES string of the molecule is Cc1cc(N(c2ncc(Cl)c(N)n2)c2ccccc2S(=O)(=O)C(C)C)c(OC(C)C)cc1C1=C[C@H](C2CC2)N(C2CCOCC2)[C@@H](C2CC2)C1. The lowest BCUT2D eigenvalue weighted by molar-refractivity contribution is -0.00698. The van der Waals surface area contributed by atoms with E-state index in [1.165, 1.54) is 43.0 Å². The van der Waals surface area contributed by atoms with Gasteiger partial charge >= 0.3 is 0 Å². The monoisotopic (exact) mass is 719 g/mol. The first-order chi connectivity index (χ1) is 23.9. The Morgan fingerprint density at radius 3 is 2.34 bits per heavy atom. The van der Waals surface area contributed by atoms with Gasteiger partial charge in [0, 0.05) is 31.3 Å². The Kier molecular flexibility index (Phi) is 9.93. The minimum Gasteiger partial charge on any atom is -0.489 e. The molecule has 9 nitrogen and oxygen atoms in total. The van der Waals surface area contributed by atoms with E-state index in [4.69, 9.17) is 26.8 Å². The Balaban J connectivity index is 1.39. The molecule has 3 aromatic rings. The van der Waals surface area contributed by atoms with Crippen LogP contribution in [0.25, 0.3) is 5.57 Å². The van der Waals surface area contributed by atoms with E-state index in [-0.39, 0.29) is 27.8 Å². The van der Waals surface area contributed by atoms with Crippen LogP contribution in [0.3, 0.4) is 0 Å². The molecular formula is C39H50ClN5O4S. The van der Waals surface area contributed by atoms with Crippen LogP contribution in [0.4, 0.5) is 23.1 Å². The molecule has 1 saturated heterocycles. The summed E-state index contributed by atoms with van der Waals surface area (Å²) in [5.74, 6) is 2.35. The molecule has 0 bridgehead atoms. The molecule has 11 heteroatoms. The molecule has 2 atom stereocenters. The van der Waals surface area contributed by atoms with Crippen molar-refractivity contribution in [2.45, 2.75) is 114 Å². The minimum absolute atomic E-state index is 0.101. The number of hydrogen-bond donors (Lipinski definition) is 1. The summed E-state index contributed by atoms with van der Waals surface area (Å²) in [4.78, 5) is 14.0. The number of nitrogens with zero attached hydrogens (tertiary/aromatic N) is 4. The number of halogens is 1. The Hall–Kier alpha value is -3.18. The van der Waals surface area contributed by atoms with Crippen LogP contribution in [0.2, 0.25) is 5.02 Å². The van der Waals surface area contributed by atoms with E-state index in [0.717, 1.165) is 44.0 Å². The number of nitrogens with two attached hydrogens (primary N) is 1. The third-order valence-electron chi connectivity index (χ3n) is 10.7. The molecule has 2 N–H and O–H groups in total. The third kappa shape index (κ3) is 7.01. The van der Waals surface area contributed by atoms with E-state index in [1.54, 1.807) is 36.9 Å². The molecule has 4 aliphatic rings. The number of sulfone groups is 1. The van der Waals surface area contributed by atoms with Crippen molar-refractivity contribution in [3.05, 3.63) is 64.8 Å². The van der Waals surface area contributed by atoms with Gasteiger partial charge in [0.15, 0.2) is 9.84 Å². The van der Waals surface area contributed by atoms with E-state index in [9.17, 15) is 8.42 Å². The predicted molar refractivity (Wildman–Crippen MR) is 200 cm³/mol. The molecule has 3 heterocycles. The van der Waals surface area contributed by atoms with Crippen molar-refractivity contribution in [1.29, 1.82) is 0 Å². The van der Waals surface area contributed by atoms with Crippen molar-refractivity contribution < 1.29 is 17.9 Å². The summed E-state index contributed by atoms with van der Waals surface area (Å²) < 4.78 is 40.0. The zero-order valence-corrected chi connectivity index (χ0v) is 31.4. The fourth-order valence-electron chi connectivity index (χ4n) is 7.82. The topological polar surface area (TPSA) is 111 Å². The van der Waals surface area contributed by atoms with E-state index < -0.39 is 15.1 Å². The number of aromatic nitrogens is 2. The second kappa shape index (κ2) is 14.1. The molecule has 2 aromatic carbocycles. The Bertz CT molecular complexity index is 1870. The van der Waals surface area contributed by atoms with Crippen LogP contribution in [0, 0.1) is 18.8 Å². The van der Waals surface area contributed by atoms with Crippen molar-refractivity contribution in [1.82, 2.24) is 14.9 Å². The first-order valence-corrected chi connectivity index (χ1v) is 20.1. The summed E-state index contributed by atoms with van der Waals surface area (Å²) in [7, 11) is -3.71. The zero-order valence-electron chi connectivity index (χ0n) is 29.8. The highest BCUT2D eigenvalue weighted by molar-refractivity contribution is 7.92. The zero-order chi connectivity index (χ0) is 35.3. The molecule has 2 aliphatic carbocycles. The summed E-state index contributed by atoms with van der Waals surface area (Å²) in [5, 5.41) is -0.425. The average molecular weight is 720 g/mol. The molecule has 2 aliphatic heterocycles. The number of benzene rings is 2. The third-order valence-corrected chi connectivity index (χ3v) is 13.1. The lowest BCUT2D eigenvalue weighted by atomic mass is 9.83. The van der Waals surface area contributed by atoms with Crippen LogP contribution in [-0.4, -0.2) is 66.0 Å². The molecule has 2 saturated carbocycles. The lowest BCUT2D eigenvalue weighted by Gasteiger charge is -2.48. The van der Waals surface area contributed by atoms with Crippen molar-refractivity contribution in [3.63, 3.8) is 0 Å². The van der Waals surface area contributed by atoms with Gasteiger partial charge in [0.1, 0.15) is 16.6 Å². The first-order valence-electron chi connectivity index (χ1n) is 18.2. The molecule has 1 aromatic heterocycles. The average Bonchev–Trinajstić information content (AvgIpc) is 4.02. The molecule has 0 amide bonds. The van der Waals surface area contributed by atoms with Gasteiger partial charge in [-0.3, -0.25) is 9.80 Å². The second-order valence-electron chi connectivity index (χ2n) is 15.0. The number of aryl methyl sites for hydroxylation is 1. The van der Waals surface area contributed by atoms with Crippen LogP contribution in [0.5, 0.6) is 5.75 Å². The molecule has 50 heavy (non-hydrogen) atoms. The molecule has 0 unspecified atom stereocenters. The molecule has 7 rings (SSSR count). The Morgan fingerprint density at radius 1 is 1.00 bits per heavy atom. The summed E-state index contributed by atoms with van der Waals surface area (Å²) in [6.07, 6.45) is 12.2. The molecule has 0 spiro atoms. The summed E-state index contributed by atoms with van der Waals surface area (Å²) in [5.41, 5.74) is 10.9. The summed E-state index contributed by atoms with van der Waals surface area (Å²) in [6, 6.07) is 12.7. The highest BCUT2D eigenvalue weighted by Gasteiger charge is 2.48. The van der Waals surface area contributed by atoms with Gasteiger partial charge in [-0.25, -0.2) is 13.4 Å². The van der Waals surface area contributed by atoms with Gasteiger partial charge in [-0.05, 0) is 132 Å². The quantitative estimate of drug-likeness (QED) is 0.209. The van der Waals surface area contributed by atoms with E-state index in [1.807, 2.05) is 19.9 Å². The minimum atomic E-state index is -3.71. The maximum absolute atomic E-state index is 13.8. The predicted octanol–water partition coefficient (Wildman–Crippen LogP) is 8.29. The summed E-state index contributed by atoms with van der Waals surface area (Å²) >= 11 is 6.29. The van der Waals surface area contributed by atoms with Gasteiger partial charge in [-0.1, -0.05) is 29.8 Å². The molecule has 0 radical (unpaired) electrons. The highest BCUT2D eigenvalue weighted by atomic mass is 35.5. The Labute approximate surface area is 302 Å².